The van der Waals surface area contributed by atoms with E-state index in [1.54, 1.807) is 12.1 Å². The number of hydrogen-bond donors (Lipinski definition) is 2. The van der Waals surface area contributed by atoms with Crippen molar-refractivity contribution in [2.24, 2.45) is 0 Å². The lowest BCUT2D eigenvalue weighted by Crippen LogP contribution is -2.03. The van der Waals surface area contributed by atoms with E-state index in [0.29, 0.717) is 10.6 Å². The van der Waals surface area contributed by atoms with Crippen molar-refractivity contribution in [2.75, 3.05) is 0 Å². The van der Waals surface area contributed by atoms with E-state index in [1.807, 2.05) is 6.07 Å². The van der Waals surface area contributed by atoms with Crippen LogP contribution in [0.2, 0.25) is 10.0 Å². The zero-order chi connectivity index (χ0) is 13.1. The minimum atomic E-state index is -3.86. The van der Waals surface area contributed by atoms with Gasteiger partial charge in [0, 0.05) is 15.6 Å². The smallest absolute Gasteiger partial charge is 0.322 e. The van der Waals surface area contributed by atoms with Crippen molar-refractivity contribution in [3.05, 3.63) is 33.8 Å². The van der Waals surface area contributed by atoms with Crippen LogP contribution in [0.4, 0.5) is 0 Å². The molecule has 0 aromatic heterocycles. The quantitative estimate of drug-likeness (QED) is 0.835. The van der Waals surface area contributed by atoms with E-state index >= 15 is 0 Å². The lowest BCUT2D eigenvalue weighted by atomic mass is 10.1. The van der Waals surface area contributed by atoms with Gasteiger partial charge >= 0.3 is 6.72 Å². The number of rotatable bonds is 4. The van der Waals surface area contributed by atoms with Crippen molar-refractivity contribution in [2.45, 2.75) is 12.5 Å². The molecule has 0 bridgehead atoms. The fraction of sp³-hybridized carbons (Fsp3) is 0.222. The predicted octanol–water partition coefficient (Wildman–Crippen LogP) is 3.17. The summed E-state index contributed by atoms with van der Waals surface area (Å²) in [6.45, 7) is -3.86. The number of halogens is 2. The largest absolute Gasteiger partial charge is 0.325 e. The highest BCUT2D eigenvalue weighted by Gasteiger charge is 2.22. The van der Waals surface area contributed by atoms with Crippen LogP contribution in [0, 0.1) is 11.3 Å². The van der Waals surface area contributed by atoms with Gasteiger partial charge in [0.1, 0.15) is 6.10 Å². The number of nitriles is 1. The minimum absolute atomic E-state index is 0.0964. The Morgan fingerprint density at radius 3 is 2.59 bits per heavy atom. The molecular formula is C9H8Cl2NO3PS. The molecule has 0 saturated carbocycles. The van der Waals surface area contributed by atoms with E-state index < -0.39 is 12.8 Å². The summed E-state index contributed by atoms with van der Waals surface area (Å²) in [4.78, 5) is 18.2. The van der Waals surface area contributed by atoms with E-state index in [1.165, 1.54) is 6.07 Å². The van der Waals surface area contributed by atoms with E-state index in [2.05, 4.69) is 11.8 Å². The molecule has 92 valence electrons. The lowest BCUT2D eigenvalue weighted by Gasteiger charge is -2.19. The van der Waals surface area contributed by atoms with Crippen LogP contribution in [-0.4, -0.2) is 9.79 Å². The van der Waals surface area contributed by atoms with Gasteiger partial charge in [0.15, 0.2) is 0 Å². The molecule has 0 saturated heterocycles. The molecule has 1 atom stereocenters. The highest BCUT2D eigenvalue weighted by molar-refractivity contribution is 8.06. The Hall–Kier alpha value is -0.180. The molecule has 0 radical (unpaired) electrons. The molecule has 2 N–H and O–H groups in total. The topological polar surface area (TPSA) is 73.5 Å². The Labute approximate surface area is 114 Å². The standard InChI is InChI=1S/C9H8Cl2NO3PS/c10-6-1-2-7(8(11)5-6)9(3-4-12)15-16(13,14)17/h1-2,5,9H,3H2,(H2,13,14,17). The second-order valence-corrected chi connectivity index (χ2v) is 6.58. The van der Waals surface area contributed by atoms with Gasteiger partial charge in [-0.25, -0.2) is 0 Å². The predicted molar refractivity (Wildman–Crippen MR) is 69.2 cm³/mol. The molecule has 0 aliphatic rings. The fourth-order valence-electron chi connectivity index (χ4n) is 1.22. The van der Waals surface area contributed by atoms with Crippen molar-refractivity contribution < 1.29 is 14.3 Å². The molecule has 0 fully saturated rings. The molecule has 0 heterocycles. The van der Waals surface area contributed by atoms with Crippen LogP contribution in [0.3, 0.4) is 0 Å². The van der Waals surface area contributed by atoms with Gasteiger partial charge < -0.3 is 9.79 Å². The summed E-state index contributed by atoms with van der Waals surface area (Å²) < 4.78 is 4.87. The van der Waals surface area contributed by atoms with Crippen molar-refractivity contribution in [3.63, 3.8) is 0 Å². The van der Waals surface area contributed by atoms with Gasteiger partial charge in [-0.1, -0.05) is 29.3 Å². The number of hydrogen-bond acceptors (Lipinski definition) is 3. The molecule has 0 aliphatic heterocycles. The highest BCUT2D eigenvalue weighted by atomic mass is 35.5. The molecule has 17 heavy (non-hydrogen) atoms. The van der Waals surface area contributed by atoms with Crippen LogP contribution in [0.15, 0.2) is 18.2 Å². The Bertz CT molecular complexity index is 500. The zero-order valence-corrected chi connectivity index (χ0v) is 11.6. The van der Waals surface area contributed by atoms with Gasteiger partial charge in [-0.2, -0.15) is 5.26 Å². The summed E-state index contributed by atoms with van der Waals surface area (Å²) in [6, 6.07) is 6.46. The van der Waals surface area contributed by atoms with Crippen LogP contribution in [-0.2, 0) is 16.3 Å². The van der Waals surface area contributed by atoms with E-state index in [0.717, 1.165) is 0 Å². The molecule has 1 rings (SSSR count). The second-order valence-electron chi connectivity index (χ2n) is 3.11. The fourth-order valence-corrected chi connectivity index (χ4v) is 2.58. The average Bonchev–Trinajstić information content (AvgIpc) is 2.14. The first kappa shape index (κ1) is 14.9. The maximum atomic E-state index is 9.10. The third-order valence-electron chi connectivity index (χ3n) is 1.85. The maximum Gasteiger partial charge on any atom is 0.322 e. The second kappa shape index (κ2) is 6.12. The van der Waals surface area contributed by atoms with Crippen LogP contribution in [0.25, 0.3) is 0 Å². The van der Waals surface area contributed by atoms with Crippen LogP contribution >= 0.6 is 29.9 Å². The van der Waals surface area contributed by atoms with Gasteiger partial charge in [-0.05, 0) is 23.9 Å². The highest BCUT2D eigenvalue weighted by Crippen LogP contribution is 2.45. The summed E-state index contributed by atoms with van der Waals surface area (Å²) in [6.07, 6.45) is -0.980. The Kier molecular flexibility index (Phi) is 5.36. The van der Waals surface area contributed by atoms with Gasteiger partial charge in [0.25, 0.3) is 0 Å². The third-order valence-corrected chi connectivity index (χ3v) is 3.20. The Balaban J connectivity index is 3.06. The summed E-state index contributed by atoms with van der Waals surface area (Å²) in [7, 11) is 0. The first-order valence-electron chi connectivity index (χ1n) is 4.39. The van der Waals surface area contributed by atoms with Gasteiger partial charge in [-0.15, -0.1) is 0 Å². The van der Waals surface area contributed by atoms with Crippen molar-refractivity contribution in [3.8, 4) is 6.07 Å². The molecule has 0 amide bonds. The van der Waals surface area contributed by atoms with E-state index in [4.69, 9.17) is 42.8 Å². The molecule has 8 heteroatoms. The molecule has 1 unspecified atom stereocenters. The Morgan fingerprint density at radius 2 is 2.12 bits per heavy atom. The summed E-state index contributed by atoms with van der Waals surface area (Å²) in [5.41, 5.74) is 0.440. The molecular weight excluding hydrogens is 304 g/mol. The molecule has 0 spiro atoms. The van der Waals surface area contributed by atoms with Gasteiger partial charge in [0.05, 0.1) is 12.5 Å². The normalized spacial score (nSPS) is 13.1. The zero-order valence-electron chi connectivity index (χ0n) is 8.38. The van der Waals surface area contributed by atoms with Crippen LogP contribution in [0.5, 0.6) is 0 Å². The molecule has 1 aromatic rings. The van der Waals surface area contributed by atoms with E-state index in [9.17, 15) is 0 Å². The monoisotopic (exact) mass is 311 g/mol. The first-order valence-corrected chi connectivity index (χ1v) is 7.77. The van der Waals surface area contributed by atoms with Gasteiger partial charge in [0.2, 0.25) is 0 Å². The SMILES string of the molecule is N#CCC(OP(O)(O)=S)c1ccc(Cl)cc1Cl. The van der Waals surface area contributed by atoms with Crippen LogP contribution in [0.1, 0.15) is 18.1 Å². The van der Waals surface area contributed by atoms with E-state index in [-0.39, 0.29) is 11.4 Å². The van der Waals surface area contributed by atoms with Crippen molar-refractivity contribution in [1.82, 2.24) is 0 Å². The molecule has 1 aromatic carbocycles. The number of nitrogens with zero attached hydrogens (tertiary/aromatic N) is 1. The molecule has 0 aliphatic carbocycles. The summed E-state index contributed by atoms with van der Waals surface area (Å²) in [5, 5.41) is 9.37. The third kappa shape index (κ3) is 4.90. The molecule has 4 nitrogen and oxygen atoms in total. The van der Waals surface area contributed by atoms with Gasteiger partial charge in [-0.3, -0.25) is 4.52 Å². The maximum absolute atomic E-state index is 9.10. The van der Waals surface area contributed by atoms with Crippen molar-refractivity contribution in [1.29, 1.82) is 5.26 Å². The summed E-state index contributed by atoms with van der Waals surface area (Å²) >= 11 is 16.0. The lowest BCUT2D eigenvalue weighted by molar-refractivity contribution is 0.174. The van der Waals surface area contributed by atoms with Crippen molar-refractivity contribution >= 4 is 41.7 Å². The van der Waals surface area contributed by atoms with Crippen LogP contribution < -0.4 is 0 Å². The first-order chi connectivity index (χ1) is 7.83. The summed E-state index contributed by atoms with van der Waals surface area (Å²) in [5.74, 6) is 0. The Morgan fingerprint density at radius 1 is 1.47 bits per heavy atom. The average molecular weight is 312 g/mol. The number of benzene rings is 1. The minimum Gasteiger partial charge on any atom is -0.325 e.